The summed E-state index contributed by atoms with van der Waals surface area (Å²) in [7, 11) is 0. The van der Waals surface area contributed by atoms with Gasteiger partial charge in [0.15, 0.2) is 0 Å². The Hall–Kier alpha value is -1.83. The molecule has 1 atom stereocenters. The summed E-state index contributed by atoms with van der Waals surface area (Å²) in [4.78, 5) is 0. The second-order valence-corrected chi connectivity index (χ2v) is 6.22. The van der Waals surface area contributed by atoms with Crippen LogP contribution in [-0.2, 0) is 5.41 Å². The highest BCUT2D eigenvalue weighted by molar-refractivity contribution is 5.56. The van der Waals surface area contributed by atoms with Crippen molar-refractivity contribution in [2.45, 2.75) is 38.1 Å². The lowest BCUT2D eigenvalue weighted by Crippen LogP contribution is -2.16. The molecule has 1 unspecified atom stereocenters. The van der Waals surface area contributed by atoms with Crippen molar-refractivity contribution in [3.63, 3.8) is 0 Å². The number of halogens is 1. The molecule has 0 aliphatic carbocycles. The summed E-state index contributed by atoms with van der Waals surface area (Å²) in [6, 6.07) is 15.6. The van der Waals surface area contributed by atoms with Crippen molar-refractivity contribution in [2.75, 3.05) is 5.32 Å². The molecule has 0 radical (unpaired) electrons. The van der Waals surface area contributed by atoms with Gasteiger partial charge in [-0.05, 0) is 47.6 Å². The van der Waals surface area contributed by atoms with E-state index >= 15 is 0 Å². The third-order valence-corrected chi connectivity index (χ3v) is 4.32. The minimum Gasteiger partial charge on any atom is -0.378 e. The Kier molecular flexibility index (Phi) is 3.25. The second-order valence-electron chi connectivity index (χ2n) is 6.22. The van der Waals surface area contributed by atoms with Crippen molar-refractivity contribution in [3.05, 3.63) is 65.5 Å². The van der Waals surface area contributed by atoms with Gasteiger partial charge in [0.05, 0.1) is 6.04 Å². The Morgan fingerprint density at radius 3 is 2.50 bits per heavy atom. The van der Waals surface area contributed by atoms with E-state index in [0.29, 0.717) is 0 Å². The average molecular weight is 269 g/mol. The first kappa shape index (κ1) is 13.2. The number of nitrogens with one attached hydrogen (secondary N) is 1. The quantitative estimate of drug-likeness (QED) is 0.763. The van der Waals surface area contributed by atoms with Crippen LogP contribution < -0.4 is 5.32 Å². The van der Waals surface area contributed by atoms with Crippen LogP contribution >= 0.6 is 0 Å². The van der Waals surface area contributed by atoms with Crippen molar-refractivity contribution in [3.8, 4) is 0 Å². The van der Waals surface area contributed by atoms with Crippen LogP contribution in [0.25, 0.3) is 0 Å². The van der Waals surface area contributed by atoms with Gasteiger partial charge in [-0.3, -0.25) is 0 Å². The van der Waals surface area contributed by atoms with E-state index in [0.717, 1.165) is 18.4 Å². The molecule has 2 heteroatoms. The second kappa shape index (κ2) is 4.93. The van der Waals surface area contributed by atoms with Gasteiger partial charge in [0.1, 0.15) is 5.82 Å². The van der Waals surface area contributed by atoms with E-state index in [1.165, 1.54) is 11.3 Å². The van der Waals surface area contributed by atoms with Gasteiger partial charge in [0.25, 0.3) is 0 Å². The molecule has 1 aliphatic rings. The van der Waals surface area contributed by atoms with Crippen LogP contribution in [0.4, 0.5) is 10.1 Å². The molecular weight excluding hydrogens is 249 g/mol. The van der Waals surface area contributed by atoms with E-state index in [-0.39, 0.29) is 17.3 Å². The van der Waals surface area contributed by atoms with Crippen LogP contribution in [0.5, 0.6) is 0 Å². The van der Waals surface area contributed by atoms with E-state index in [9.17, 15) is 4.39 Å². The molecule has 0 saturated heterocycles. The number of rotatable bonds is 1. The summed E-state index contributed by atoms with van der Waals surface area (Å²) >= 11 is 0. The zero-order chi connectivity index (χ0) is 14.2. The van der Waals surface area contributed by atoms with Crippen LogP contribution in [0.15, 0.2) is 48.5 Å². The molecule has 1 N–H and O–H groups in total. The molecule has 0 saturated carbocycles. The molecule has 0 fully saturated rings. The lowest BCUT2D eigenvalue weighted by Gasteiger charge is -2.24. The van der Waals surface area contributed by atoms with E-state index in [1.807, 2.05) is 12.1 Å². The number of benzene rings is 2. The summed E-state index contributed by atoms with van der Waals surface area (Å²) in [5, 5.41) is 3.63. The molecule has 2 aromatic carbocycles. The largest absolute Gasteiger partial charge is 0.378 e. The van der Waals surface area contributed by atoms with E-state index in [4.69, 9.17) is 0 Å². The maximum Gasteiger partial charge on any atom is 0.123 e. The normalized spacial score (nSPS) is 20.6. The van der Waals surface area contributed by atoms with Crippen molar-refractivity contribution in [2.24, 2.45) is 0 Å². The monoisotopic (exact) mass is 269 g/mol. The van der Waals surface area contributed by atoms with Gasteiger partial charge in [0, 0.05) is 5.69 Å². The highest BCUT2D eigenvalue weighted by Gasteiger charge is 2.29. The Bertz CT molecular complexity index is 601. The van der Waals surface area contributed by atoms with Crippen LogP contribution in [0.2, 0.25) is 0 Å². The fraction of sp³-hybridized carbons (Fsp3) is 0.333. The lowest BCUT2D eigenvalue weighted by atomic mass is 9.80. The fourth-order valence-electron chi connectivity index (χ4n) is 3.04. The first-order chi connectivity index (χ1) is 9.56. The molecule has 104 valence electrons. The van der Waals surface area contributed by atoms with Crippen LogP contribution in [-0.4, -0.2) is 0 Å². The highest BCUT2D eigenvalue weighted by atomic mass is 19.1. The van der Waals surface area contributed by atoms with Crippen molar-refractivity contribution < 1.29 is 4.39 Å². The third kappa shape index (κ3) is 2.43. The standard InChI is InChI=1S/C18H20FN/c1-18(2)12-11-16(13-7-9-14(19)10-8-13)20-17-6-4-3-5-15(17)18/h3-10,16,20H,11-12H2,1-2H3. The molecule has 1 heterocycles. The van der Waals surface area contributed by atoms with Crippen LogP contribution in [0, 0.1) is 5.82 Å². The lowest BCUT2D eigenvalue weighted by molar-refractivity contribution is 0.456. The zero-order valence-electron chi connectivity index (χ0n) is 12.0. The first-order valence-electron chi connectivity index (χ1n) is 7.18. The van der Waals surface area contributed by atoms with Gasteiger partial charge in [0.2, 0.25) is 0 Å². The summed E-state index contributed by atoms with van der Waals surface area (Å²) in [6.45, 7) is 4.58. The maximum atomic E-state index is 13.1. The Balaban J connectivity index is 1.97. The Morgan fingerprint density at radius 2 is 1.75 bits per heavy atom. The van der Waals surface area contributed by atoms with Crippen LogP contribution in [0.1, 0.15) is 43.9 Å². The van der Waals surface area contributed by atoms with E-state index in [2.05, 4.69) is 43.4 Å². The van der Waals surface area contributed by atoms with Gasteiger partial charge in [-0.1, -0.05) is 44.2 Å². The highest BCUT2D eigenvalue weighted by Crippen LogP contribution is 2.41. The van der Waals surface area contributed by atoms with E-state index in [1.54, 1.807) is 12.1 Å². The number of fused-ring (bicyclic) bond motifs is 1. The molecule has 0 spiro atoms. The van der Waals surface area contributed by atoms with Crippen molar-refractivity contribution >= 4 is 5.69 Å². The SMILES string of the molecule is CC1(C)CCC(c2ccc(F)cc2)Nc2ccccc21. The Labute approximate surface area is 119 Å². The molecule has 3 rings (SSSR count). The van der Waals surface area contributed by atoms with E-state index < -0.39 is 0 Å². The molecule has 2 aromatic rings. The topological polar surface area (TPSA) is 12.0 Å². The molecule has 0 amide bonds. The number of anilines is 1. The molecule has 0 aromatic heterocycles. The predicted molar refractivity (Wildman–Crippen MR) is 81.5 cm³/mol. The minimum atomic E-state index is -0.178. The molecule has 1 aliphatic heterocycles. The first-order valence-corrected chi connectivity index (χ1v) is 7.18. The third-order valence-electron chi connectivity index (χ3n) is 4.32. The number of hydrogen-bond acceptors (Lipinski definition) is 1. The summed E-state index contributed by atoms with van der Waals surface area (Å²) in [5.41, 5.74) is 3.88. The van der Waals surface area contributed by atoms with Crippen molar-refractivity contribution in [1.82, 2.24) is 0 Å². The molecule has 20 heavy (non-hydrogen) atoms. The van der Waals surface area contributed by atoms with Gasteiger partial charge in [-0.2, -0.15) is 0 Å². The zero-order valence-corrected chi connectivity index (χ0v) is 12.0. The maximum absolute atomic E-state index is 13.1. The van der Waals surface area contributed by atoms with Gasteiger partial charge in [-0.25, -0.2) is 4.39 Å². The van der Waals surface area contributed by atoms with Gasteiger partial charge >= 0.3 is 0 Å². The summed E-state index contributed by atoms with van der Waals surface area (Å²) in [6.07, 6.45) is 2.16. The Morgan fingerprint density at radius 1 is 1.05 bits per heavy atom. The molecular formula is C18H20FN. The van der Waals surface area contributed by atoms with Gasteiger partial charge < -0.3 is 5.32 Å². The summed E-state index contributed by atoms with van der Waals surface area (Å²) < 4.78 is 13.1. The predicted octanol–water partition coefficient (Wildman–Crippen LogP) is 5.05. The summed E-state index contributed by atoms with van der Waals surface area (Å²) in [5.74, 6) is -0.178. The minimum absolute atomic E-state index is 0.165. The van der Waals surface area contributed by atoms with Crippen LogP contribution in [0.3, 0.4) is 0 Å². The van der Waals surface area contributed by atoms with Crippen molar-refractivity contribution in [1.29, 1.82) is 0 Å². The number of hydrogen-bond donors (Lipinski definition) is 1. The fourth-order valence-corrected chi connectivity index (χ4v) is 3.04. The smallest absolute Gasteiger partial charge is 0.123 e. The molecule has 0 bridgehead atoms. The average Bonchev–Trinajstić information content (AvgIpc) is 2.57. The molecule has 1 nitrogen and oxygen atoms in total. The number of para-hydroxylation sites is 1. The van der Waals surface area contributed by atoms with Gasteiger partial charge in [-0.15, -0.1) is 0 Å².